The summed E-state index contributed by atoms with van der Waals surface area (Å²) in [5.41, 5.74) is 2.57. The Labute approximate surface area is 80.7 Å². The van der Waals surface area contributed by atoms with Gasteiger partial charge in [0.2, 0.25) is 0 Å². The number of rotatable bonds is 0. The molecule has 0 aromatic carbocycles. The average Bonchev–Trinajstić information content (AvgIpc) is 2.51. The zero-order valence-electron chi connectivity index (χ0n) is 8.71. The van der Waals surface area contributed by atoms with Gasteiger partial charge < -0.3 is 0 Å². The first-order valence-electron chi connectivity index (χ1n) is 4.50. The van der Waals surface area contributed by atoms with Gasteiger partial charge in [-0.05, 0) is 27.7 Å². The summed E-state index contributed by atoms with van der Waals surface area (Å²) >= 11 is 0. The first kappa shape index (κ1) is 8.99. The molecule has 0 amide bonds. The average molecular weight is 192 g/mol. The molecule has 2 rings (SSSR count). The second-order valence-electron chi connectivity index (χ2n) is 3.65. The number of aryl methyl sites for hydroxylation is 2. The van der Waals surface area contributed by atoms with Crippen LogP contribution in [0.25, 0.3) is 0 Å². The van der Waals surface area contributed by atoms with E-state index in [4.69, 9.17) is 0 Å². The van der Waals surface area contributed by atoms with Gasteiger partial charge in [0.25, 0.3) is 11.1 Å². The fraction of sp³-hybridized carbons (Fsp3) is 0.400. The Hall–Kier alpha value is -1.58. The van der Waals surface area contributed by atoms with E-state index in [2.05, 4.69) is 0 Å². The summed E-state index contributed by atoms with van der Waals surface area (Å²) in [7, 11) is 0. The van der Waals surface area contributed by atoms with Gasteiger partial charge in [0.1, 0.15) is 0 Å². The molecule has 0 aliphatic heterocycles. The van der Waals surface area contributed by atoms with Gasteiger partial charge in [0.15, 0.2) is 0 Å². The number of hydrogen-bond acceptors (Lipinski definition) is 2. The van der Waals surface area contributed by atoms with Gasteiger partial charge in [-0.15, -0.1) is 0 Å². The molecular formula is C10H12N2O2. The lowest BCUT2D eigenvalue weighted by atomic mass is 10.2. The summed E-state index contributed by atoms with van der Waals surface area (Å²) in [4.78, 5) is 23.5. The van der Waals surface area contributed by atoms with Crippen molar-refractivity contribution in [1.82, 2.24) is 9.03 Å². The van der Waals surface area contributed by atoms with Crippen LogP contribution < -0.4 is 11.1 Å². The van der Waals surface area contributed by atoms with Crippen molar-refractivity contribution < 1.29 is 0 Å². The first-order chi connectivity index (χ1) is 6.46. The van der Waals surface area contributed by atoms with Gasteiger partial charge in [0, 0.05) is 22.5 Å². The molecule has 14 heavy (non-hydrogen) atoms. The molecule has 4 nitrogen and oxygen atoms in total. The smallest absolute Gasteiger partial charge is 0.267 e. The molecule has 0 aliphatic rings. The molecule has 0 saturated carbocycles. The van der Waals surface area contributed by atoms with Crippen molar-refractivity contribution in [2.24, 2.45) is 0 Å². The lowest BCUT2D eigenvalue weighted by molar-refractivity contribution is 0.768. The Morgan fingerprint density at radius 2 is 1.00 bits per heavy atom. The predicted molar refractivity (Wildman–Crippen MR) is 53.5 cm³/mol. The fourth-order valence-electron chi connectivity index (χ4n) is 1.73. The Morgan fingerprint density at radius 3 is 1.29 bits per heavy atom. The van der Waals surface area contributed by atoms with Crippen LogP contribution in [0.3, 0.4) is 0 Å². The predicted octanol–water partition coefficient (Wildman–Crippen LogP) is 0.431. The number of hydrogen-bond donors (Lipinski definition) is 0. The van der Waals surface area contributed by atoms with E-state index in [0.717, 1.165) is 11.4 Å². The fourth-order valence-corrected chi connectivity index (χ4v) is 1.73. The molecule has 0 N–H and O–H groups in total. The second-order valence-corrected chi connectivity index (χ2v) is 3.65. The van der Waals surface area contributed by atoms with Gasteiger partial charge in [0.05, 0.1) is 0 Å². The lowest BCUT2D eigenvalue weighted by Gasteiger charge is -1.89. The summed E-state index contributed by atoms with van der Waals surface area (Å²) in [5, 5.41) is 0. The van der Waals surface area contributed by atoms with Crippen LogP contribution in [0.15, 0.2) is 9.59 Å². The van der Waals surface area contributed by atoms with Crippen molar-refractivity contribution in [3.8, 4) is 0 Å². The van der Waals surface area contributed by atoms with E-state index in [-0.39, 0.29) is 11.1 Å². The van der Waals surface area contributed by atoms with Crippen molar-refractivity contribution in [3.05, 3.63) is 43.2 Å². The summed E-state index contributed by atoms with van der Waals surface area (Å²) in [5.74, 6) is 0. The minimum Gasteiger partial charge on any atom is -0.267 e. The van der Waals surface area contributed by atoms with E-state index in [9.17, 15) is 9.59 Å². The van der Waals surface area contributed by atoms with Crippen molar-refractivity contribution in [2.75, 3.05) is 0 Å². The van der Waals surface area contributed by atoms with Crippen LogP contribution in [-0.2, 0) is 0 Å². The summed E-state index contributed by atoms with van der Waals surface area (Å²) in [6, 6.07) is 0. The third-order valence-corrected chi connectivity index (χ3v) is 2.95. The zero-order chi connectivity index (χ0) is 10.6. The quantitative estimate of drug-likeness (QED) is 0.607. The molecule has 0 aliphatic carbocycles. The number of aromatic nitrogens is 2. The van der Waals surface area contributed by atoms with Gasteiger partial charge in [-0.1, -0.05) is 0 Å². The van der Waals surface area contributed by atoms with Crippen LogP contribution >= 0.6 is 0 Å². The van der Waals surface area contributed by atoms with E-state index in [1.165, 1.54) is 9.03 Å². The highest BCUT2D eigenvalue weighted by Gasteiger charge is 2.16. The van der Waals surface area contributed by atoms with Crippen molar-refractivity contribution in [3.63, 3.8) is 0 Å². The molecule has 0 radical (unpaired) electrons. The lowest BCUT2D eigenvalue weighted by Crippen LogP contribution is -2.15. The molecule has 74 valence electrons. The molecule has 2 aromatic rings. The van der Waals surface area contributed by atoms with Gasteiger partial charge >= 0.3 is 0 Å². The standard InChI is InChI=1S/C10H12N2O2/c1-5-7(3)11-10(14)6(2)8(4)12(11)9(5)13/h1-4H3. The van der Waals surface area contributed by atoms with Gasteiger partial charge in [-0.3, -0.25) is 9.59 Å². The molecular weight excluding hydrogens is 180 g/mol. The Morgan fingerprint density at radius 1 is 0.714 bits per heavy atom. The number of fused-ring (bicyclic) bond motifs is 1. The largest absolute Gasteiger partial charge is 0.274 e. The molecule has 0 unspecified atom stereocenters. The molecule has 2 aromatic heterocycles. The minimum absolute atomic E-state index is 0.0924. The summed E-state index contributed by atoms with van der Waals surface area (Å²) in [6.45, 7) is 7.06. The Bertz CT molecular complexity index is 563. The molecule has 0 bridgehead atoms. The summed E-state index contributed by atoms with van der Waals surface area (Å²) in [6.07, 6.45) is 0. The van der Waals surface area contributed by atoms with Crippen LogP contribution in [0.5, 0.6) is 0 Å². The zero-order valence-corrected chi connectivity index (χ0v) is 8.71. The maximum atomic E-state index is 11.7. The Kier molecular flexibility index (Phi) is 1.58. The second kappa shape index (κ2) is 2.47. The highest BCUT2D eigenvalue weighted by atomic mass is 16.2. The normalized spacial score (nSPS) is 11.4. The molecule has 4 heteroatoms. The van der Waals surface area contributed by atoms with E-state index in [1.807, 2.05) is 0 Å². The van der Waals surface area contributed by atoms with Crippen LogP contribution in [-0.4, -0.2) is 9.03 Å². The molecule has 0 spiro atoms. The van der Waals surface area contributed by atoms with Crippen LogP contribution in [0, 0.1) is 27.7 Å². The third-order valence-electron chi connectivity index (χ3n) is 2.95. The number of nitrogens with zero attached hydrogens (tertiary/aromatic N) is 2. The van der Waals surface area contributed by atoms with Crippen LogP contribution in [0.1, 0.15) is 22.5 Å². The molecule has 2 heterocycles. The van der Waals surface area contributed by atoms with E-state index in [0.29, 0.717) is 11.1 Å². The maximum absolute atomic E-state index is 11.7. The molecule has 0 atom stereocenters. The molecule has 0 fully saturated rings. The van der Waals surface area contributed by atoms with Crippen LogP contribution in [0.2, 0.25) is 0 Å². The Balaban J connectivity index is 3.25. The maximum Gasteiger partial charge on any atom is 0.274 e. The van der Waals surface area contributed by atoms with E-state index >= 15 is 0 Å². The van der Waals surface area contributed by atoms with Crippen molar-refractivity contribution in [2.45, 2.75) is 27.7 Å². The van der Waals surface area contributed by atoms with Gasteiger partial charge in [-0.2, -0.15) is 0 Å². The van der Waals surface area contributed by atoms with E-state index in [1.54, 1.807) is 27.7 Å². The third kappa shape index (κ3) is 0.780. The van der Waals surface area contributed by atoms with Crippen LogP contribution in [0.4, 0.5) is 0 Å². The highest BCUT2D eigenvalue weighted by molar-refractivity contribution is 5.24. The van der Waals surface area contributed by atoms with Crippen molar-refractivity contribution in [1.29, 1.82) is 0 Å². The molecule has 0 saturated heterocycles. The monoisotopic (exact) mass is 192 g/mol. The van der Waals surface area contributed by atoms with Gasteiger partial charge in [-0.25, -0.2) is 9.03 Å². The topological polar surface area (TPSA) is 43.0 Å². The van der Waals surface area contributed by atoms with Crippen molar-refractivity contribution >= 4 is 0 Å². The minimum atomic E-state index is -0.0924. The SMILES string of the molecule is Cc1c(C)n2c(=O)c(C)c(C)n2c1=O. The highest BCUT2D eigenvalue weighted by Crippen LogP contribution is 2.05. The summed E-state index contributed by atoms with van der Waals surface area (Å²) < 4.78 is 2.89. The van der Waals surface area contributed by atoms with E-state index < -0.39 is 0 Å². The first-order valence-corrected chi connectivity index (χ1v) is 4.50.